The van der Waals surface area contributed by atoms with Gasteiger partial charge in [-0.3, -0.25) is 0 Å². The van der Waals surface area contributed by atoms with Gasteiger partial charge in [-0.2, -0.15) is 0 Å². The van der Waals surface area contributed by atoms with E-state index >= 15 is 0 Å². The Morgan fingerprint density at radius 2 is 1.39 bits per heavy atom. The van der Waals surface area contributed by atoms with Crippen LogP contribution in [0.15, 0.2) is 11.1 Å². The zero-order valence-corrected chi connectivity index (χ0v) is 14.1. The van der Waals surface area contributed by atoms with Gasteiger partial charge in [-0.15, -0.1) is 0 Å². The van der Waals surface area contributed by atoms with E-state index in [4.69, 9.17) is 0 Å². The third kappa shape index (κ3) is 5.59. The van der Waals surface area contributed by atoms with Gasteiger partial charge in [0.15, 0.2) is 0 Å². The lowest BCUT2D eigenvalue weighted by molar-refractivity contribution is 0.347. The van der Waals surface area contributed by atoms with Crippen LogP contribution in [-0.2, 0) is 0 Å². The molecule has 2 unspecified atom stereocenters. The quantitative estimate of drug-likeness (QED) is 0.434. The molecule has 0 radical (unpaired) electrons. The maximum atomic E-state index is 2.36. The van der Waals surface area contributed by atoms with Crippen molar-refractivity contribution in [3.8, 4) is 0 Å². The lowest BCUT2D eigenvalue weighted by Crippen LogP contribution is -2.12. The first-order chi connectivity index (χ1) is 8.34. The summed E-state index contributed by atoms with van der Waals surface area (Å²) in [6.07, 6.45) is 5.27. The summed E-state index contributed by atoms with van der Waals surface area (Å²) in [4.78, 5) is 0. The average Bonchev–Trinajstić information content (AvgIpc) is 2.29. The van der Waals surface area contributed by atoms with Gasteiger partial charge in [0, 0.05) is 0 Å². The molecule has 0 amide bonds. The van der Waals surface area contributed by atoms with Gasteiger partial charge in [-0.25, -0.2) is 0 Å². The fourth-order valence-corrected chi connectivity index (χ4v) is 3.20. The van der Waals surface area contributed by atoms with E-state index in [1.807, 2.05) is 0 Å². The standard InChI is InChI=1S/C18H36/c1-9-17(13(3)4)12-11-15(7)16(8)18(10-2)14(5)6/h13-14,17-18H,9-12H2,1-8H3. The Bertz CT molecular complexity index is 245. The molecule has 0 fully saturated rings. The Hall–Kier alpha value is -0.260. The van der Waals surface area contributed by atoms with E-state index in [9.17, 15) is 0 Å². The van der Waals surface area contributed by atoms with Gasteiger partial charge in [0.25, 0.3) is 0 Å². The summed E-state index contributed by atoms with van der Waals surface area (Å²) in [5, 5.41) is 0. The molecule has 0 aromatic heterocycles. The van der Waals surface area contributed by atoms with Crippen LogP contribution in [0.3, 0.4) is 0 Å². The van der Waals surface area contributed by atoms with Crippen LogP contribution in [0.2, 0.25) is 0 Å². The highest BCUT2D eigenvalue weighted by Crippen LogP contribution is 2.29. The summed E-state index contributed by atoms with van der Waals surface area (Å²) >= 11 is 0. The molecule has 0 heteroatoms. The third-order valence-corrected chi connectivity index (χ3v) is 4.83. The van der Waals surface area contributed by atoms with Gasteiger partial charge in [-0.1, -0.05) is 59.1 Å². The van der Waals surface area contributed by atoms with Gasteiger partial charge in [0.1, 0.15) is 0 Å². The van der Waals surface area contributed by atoms with Crippen LogP contribution < -0.4 is 0 Å². The summed E-state index contributed by atoms with van der Waals surface area (Å²) in [6.45, 7) is 18.8. The summed E-state index contributed by atoms with van der Waals surface area (Å²) in [5.41, 5.74) is 3.31. The van der Waals surface area contributed by atoms with E-state index in [2.05, 4.69) is 55.4 Å². The second-order valence-corrected chi connectivity index (χ2v) is 6.67. The van der Waals surface area contributed by atoms with Gasteiger partial charge in [-0.05, 0) is 56.8 Å². The van der Waals surface area contributed by atoms with Crippen LogP contribution in [0.25, 0.3) is 0 Å². The summed E-state index contributed by atoms with van der Waals surface area (Å²) in [7, 11) is 0. The first-order valence-electron chi connectivity index (χ1n) is 8.01. The molecule has 0 aliphatic rings. The number of allylic oxidation sites excluding steroid dienone is 2. The molecular formula is C18H36. The van der Waals surface area contributed by atoms with Crippen molar-refractivity contribution in [1.82, 2.24) is 0 Å². The topological polar surface area (TPSA) is 0 Å². The van der Waals surface area contributed by atoms with Gasteiger partial charge >= 0.3 is 0 Å². The maximum Gasteiger partial charge on any atom is -0.0183 e. The predicted molar refractivity (Wildman–Crippen MR) is 84.8 cm³/mol. The van der Waals surface area contributed by atoms with E-state index in [1.165, 1.54) is 25.7 Å². The van der Waals surface area contributed by atoms with Crippen LogP contribution in [0, 0.1) is 23.7 Å². The van der Waals surface area contributed by atoms with Crippen molar-refractivity contribution in [2.24, 2.45) is 23.7 Å². The van der Waals surface area contributed by atoms with E-state index in [0.717, 1.165) is 23.7 Å². The Kier molecular flexibility index (Phi) is 8.65. The molecule has 0 aromatic rings. The van der Waals surface area contributed by atoms with Crippen LogP contribution in [0.4, 0.5) is 0 Å². The lowest BCUT2D eigenvalue weighted by atomic mass is 9.82. The molecule has 0 heterocycles. The first kappa shape index (κ1) is 17.7. The van der Waals surface area contributed by atoms with Crippen molar-refractivity contribution in [2.45, 2.75) is 81.1 Å². The van der Waals surface area contributed by atoms with Crippen molar-refractivity contribution >= 4 is 0 Å². The highest BCUT2D eigenvalue weighted by molar-refractivity contribution is 5.13. The molecule has 0 aliphatic heterocycles. The largest absolute Gasteiger partial charge is 0.0741 e. The first-order valence-corrected chi connectivity index (χ1v) is 8.01. The van der Waals surface area contributed by atoms with Crippen molar-refractivity contribution in [1.29, 1.82) is 0 Å². The monoisotopic (exact) mass is 252 g/mol. The maximum absolute atomic E-state index is 2.36. The Morgan fingerprint density at radius 1 is 0.833 bits per heavy atom. The van der Waals surface area contributed by atoms with E-state index < -0.39 is 0 Å². The van der Waals surface area contributed by atoms with Gasteiger partial charge in [0.05, 0.1) is 0 Å². The van der Waals surface area contributed by atoms with Crippen LogP contribution >= 0.6 is 0 Å². The molecule has 0 saturated heterocycles. The zero-order valence-electron chi connectivity index (χ0n) is 14.1. The molecule has 0 rings (SSSR count). The summed E-state index contributed by atoms with van der Waals surface area (Å²) in [6, 6.07) is 0. The molecular weight excluding hydrogens is 216 g/mol. The molecule has 18 heavy (non-hydrogen) atoms. The fourth-order valence-electron chi connectivity index (χ4n) is 3.20. The summed E-state index contributed by atoms with van der Waals surface area (Å²) < 4.78 is 0. The zero-order chi connectivity index (χ0) is 14.3. The van der Waals surface area contributed by atoms with Crippen LogP contribution in [-0.4, -0.2) is 0 Å². The molecule has 0 bridgehead atoms. The van der Waals surface area contributed by atoms with E-state index in [-0.39, 0.29) is 0 Å². The predicted octanol–water partition coefficient (Wildman–Crippen LogP) is 6.47. The minimum atomic E-state index is 0.775. The fraction of sp³-hybridized carbons (Fsp3) is 0.889. The SMILES string of the molecule is CCC(CCC(C)=C(C)C(CC)C(C)C)C(C)C. The van der Waals surface area contributed by atoms with Crippen molar-refractivity contribution < 1.29 is 0 Å². The molecule has 0 nitrogen and oxygen atoms in total. The molecule has 0 aliphatic carbocycles. The van der Waals surface area contributed by atoms with E-state index in [1.54, 1.807) is 11.1 Å². The Balaban J connectivity index is 4.57. The molecule has 0 N–H and O–H groups in total. The Morgan fingerprint density at radius 3 is 1.72 bits per heavy atom. The number of hydrogen-bond donors (Lipinski definition) is 0. The highest BCUT2D eigenvalue weighted by Gasteiger charge is 2.16. The Labute approximate surface area is 116 Å². The van der Waals surface area contributed by atoms with Crippen molar-refractivity contribution in [3.63, 3.8) is 0 Å². The number of rotatable bonds is 8. The van der Waals surface area contributed by atoms with Crippen LogP contribution in [0.1, 0.15) is 81.1 Å². The third-order valence-electron chi connectivity index (χ3n) is 4.83. The molecule has 2 atom stereocenters. The average molecular weight is 252 g/mol. The molecule has 108 valence electrons. The normalized spacial score (nSPS) is 17.0. The minimum absolute atomic E-state index is 0.775. The van der Waals surface area contributed by atoms with Gasteiger partial charge in [0.2, 0.25) is 0 Å². The second-order valence-electron chi connectivity index (χ2n) is 6.67. The van der Waals surface area contributed by atoms with E-state index in [0.29, 0.717) is 0 Å². The highest BCUT2D eigenvalue weighted by atomic mass is 14.2. The van der Waals surface area contributed by atoms with Crippen molar-refractivity contribution in [2.75, 3.05) is 0 Å². The molecule has 0 aromatic carbocycles. The van der Waals surface area contributed by atoms with Crippen molar-refractivity contribution in [3.05, 3.63) is 11.1 Å². The van der Waals surface area contributed by atoms with Gasteiger partial charge < -0.3 is 0 Å². The molecule has 0 saturated carbocycles. The summed E-state index contributed by atoms with van der Waals surface area (Å²) in [5.74, 6) is 3.28. The van der Waals surface area contributed by atoms with Crippen LogP contribution in [0.5, 0.6) is 0 Å². The lowest BCUT2D eigenvalue weighted by Gasteiger charge is -2.24. The number of hydrogen-bond acceptors (Lipinski definition) is 0. The molecule has 0 spiro atoms. The minimum Gasteiger partial charge on any atom is -0.0741 e. The smallest absolute Gasteiger partial charge is 0.0183 e. The second kappa shape index (κ2) is 8.77.